The molecule has 0 spiro atoms. The van der Waals surface area contributed by atoms with Gasteiger partial charge in [-0.3, -0.25) is 9.59 Å². The molecule has 0 aliphatic rings. The van der Waals surface area contributed by atoms with Crippen molar-refractivity contribution in [3.05, 3.63) is 109 Å². The van der Waals surface area contributed by atoms with Crippen LogP contribution in [-0.4, -0.2) is 31.0 Å². The van der Waals surface area contributed by atoms with Gasteiger partial charge in [-0.2, -0.15) is 19.7 Å². The lowest BCUT2D eigenvalue weighted by Crippen LogP contribution is -2.27. The average Bonchev–Trinajstić information content (AvgIpc) is 3.40. The van der Waals surface area contributed by atoms with Gasteiger partial charge < -0.3 is 4.74 Å². The third kappa shape index (κ3) is 4.29. The number of benzene rings is 2. The Morgan fingerprint density at radius 1 is 1.09 bits per heavy atom. The minimum absolute atomic E-state index is 0.177. The molecule has 35 heavy (non-hydrogen) atoms. The predicted molar refractivity (Wildman–Crippen MR) is 136 cm³/mol. The highest BCUT2D eigenvalue weighted by Gasteiger charge is 2.15. The Balaban J connectivity index is 1.71. The van der Waals surface area contributed by atoms with Gasteiger partial charge in [0.25, 0.3) is 11.1 Å². The number of rotatable bonds is 6. The number of hydrogen-bond acceptors (Lipinski definition) is 7. The van der Waals surface area contributed by atoms with Crippen LogP contribution in [0, 0.1) is 13.8 Å². The summed E-state index contributed by atoms with van der Waals surface area (Å²) in [6, 6.07) is 15.5. The largest absolute Gasteiger partial charge is 0.490 e. The SMILES string of the molecule is C=CCOc1ccc(-c2nn(-c3ccccc3)cc2C=c2sc3nc(=O)c(C)nn3c2=O)c(C)c1. The standard InChI is InChI=1S/C26H21N5O3S/c1-4-12-34-20-10-11-21(16(2)13-20)23-18(15-30(29-23)19-8-6-5-7-9-19)14-22-25(33)31-26(35-22)27-24(32)17(3)28-31/h4-11,13-15H,1,12H2,2-3H3. The van der Waals surface area contributed by atoms with Crippen molar-refractivity contribution < 1.29 is 4.74 Å². The van der Waals surface area contributed by atoms with Gasteiger partial charge >= 0.3 is 0 Å². The molecule has 5 aromatic rings. The minimum Gasteiger partial charge on any atom is -0.490 e. The summed E-state index contributed by atoms with van der Waals surface area (Å²) in [6.45, 7) is 7.63. The smallest absolute Gasteiger partial charge is 0.295 e. The van der Waals surface area contributed by atoms with Gasteiger partial charge in [-0.05, 0) is 55.8 Å². The molecule has 0 saturated carbocycles. The van der Waals surface area contributed by atoms with Crippen molar-refractivity contribution in [3.8, 4) is 22.7 Å². The molecule has 9 heteroatoms. The molecular weight excluding hydrogens is 462 g/mol. The summed E-state index contributed by atoms with van der Waals surface area (Å²) in [5.74, 6) is 0.739. The first-order valence-electron chi connectivity index (χ1n) is 10.9. The summed E-state index contributed by atoms with van der Waals surface area (Å²) in [5, 5.41) is 8.95. The second kappa shape index (κ2) is 9.11. The van der Waals surface area contributed by atoms with E-state index in [1.54, 1.807) is 16.8 Å². The highest BCUT2D eigenvalue weighted by Crippen LogP contribution is 2.30. The molecule has 5 rings (SSSR count). The maximum absolute atomic E-state index is 13.0. The van der Waals surface area contributed by atoms with Gasteiger partial charge in [-0.1, -0.05) is 42.2 Å². The van der Waals surface area contributed by atoms with E-state index in [4.69, 9.17) is 9.84 Å². The number of aromatic nitrogens is 5. The molecule has 3 heterocycles. The molecule has 0 atom stereocenters. The zero-order valence-corrected chi connectivity index (χ0v) is 20.0. The van der Waals surface area contributed by atoms with Gasteiger partial charge in [0.2, 0.25) is 4.96 Å². The van der Waals surface area contributed by atoms with Crippen LogP contribution in [0.2, 0.25) is 0 Å². The number of ether oxygens (including phenoxy) is 1. The van der Waals surface area contributed by atoms with E-state index in [-0.39, 0.29) is 16.2 Å². The van der Waals surface area contributed by atoms with Crippen LogP contribution in [0.1, 0.15) is 16.8 Å². The lowest BCUT2D eigenvalue weighted by atomic mass is 10.0. The number of aryl methyl sites for hydroxylation is 2. The summed E-state index contributed by atoms with van der Waals surface area (Å²) < 4.78 is 9.03. The van der Waals surface area contributed by atoms with Crippen molar-refractivity contribution in [2.24, 2.45) is 0 Å². The average molecular weight is 484 g/mol. The van der Waals surface area contributed by atoms with Crippen LogP contribution in [0.4, 0.5) is 0 Å². The van der Waals surface area contributed by atoms with Crippen molar-refractivity contribution in [2.45, 2.75) is 13.8 Å². The van der Waals surface area contributed by atoms with Crippen molar-refractivity contribution in [1.29, 1.82) is 0 Å². The van der Waals surface area contributed by atoms with Crippen molar-refractivity contribution in [3.63, 3.8) is 0 Å². The molecule has 0 fully saturated rings. The third-order valence-electron chi connectivity index (χ3n) is 5.41. The highest BCUT2D eigenvalue weighted by molar-refractivity contribution is 7.15. The normalized spacial score (nSPS) is 11.8. The molecule has 0 bridgehead atoms. The summed E-state index contributed by atoms with van der Waals surface area (Å²) in [4.78, 5) is 29.2. The van der Waals surface area contributed by atoms with Crippen LogP contribution in [0.25, 0.3) is 28.0 Å². The minimum atomic E-state index is -0.440. The summed E-state index contributed by atoms with van der Waals surface area (Å²) >= 11 is 1.12. The van der Waals surface area contributed by atoms with E-state index < -0.39 is 5.56 Å². The molecule has 0 aliphatic heterocycles. The highest BCUT2D eigenvalue weighted by atomic mass is 32.1. The Hall–Kier alpha value is -4.37. The third-order valence-corrected chi connectivity index (χ3v) is 6.37. The quantitative estimate of drug-likeness (QED) is 0.345. The number of nitrogens with zero attached hydrogens (tertiary/aromatic N) is 5. The molecule has 0 N–H and O–H groups in total. The lowest BCUT2D eigenvalue weighted by Gasteiger charge is -2.08. The van der Waals surface area contributed by atoms with E-state index >= 15 is 0 Å². The van der Waals surface area contributed by atoms with E-state index in [0.29, 0.717) is 16.8 Å². The maximum Gasteiger partial charge on any atom is 0.295 e. The predicted octanol–water partition coefficient (Wildman–Crippen LogP) is 3.09. The summed E-state index contributed by atoms with van der Waals surface area (Å²) in [7, 11) is 0. The van der Waals surface area contributed by atoms with Crippen molar-refractivity contribution in [2.75, 3.05) is 6.61 Å². The molecule has 2 aromatic carbocycles. The number of para-hydroxylation sites is 1. The summed E-state index contributed by atoms with van der Waals surface area (Å²) in [5.41, 5.74) is 3.64. The fraction of sp³-hybridized carbons (Fsp3) is 0.115. The van der Waals surface area contributed by atoms with Gasteiger partial charge in [0.1, 0.15) is 23.7 Å². The van der Waals surface area contributed by atoms with Gasteiger partial charge in [0, 0.05) is 17.3 Å². The van der Waals surface area contributed by atoms with Crippen LogP contribution in [0.15, 0.2) is 77.0 Å². The maximum atomic E-state index is 13.0. The van der Waals surface area contributed by atoms with Crippen LogP contribution in [0.5, 0.6) is 5.75 Å². The second-order valence-corrected chi connectivity index (χ2v) is 8.91. The van der Waals surface area contributed by atoms with Gasteiger partial charge in [-0.25, -0.2) is 4.68 Å². The fourth-order valence-corrected chi connectivity index (χ4v) is 4.58. The van der Waals surface area contributed by atoms with Gasteiger partial charge in [0.15, 0.2) is 0 Å². The Bertz CT molecular complexity index is 1730. The van der Waals surface area contributed by atoms with Crippen LogP contribution in [-0.2, 0) is 0 Å². The van der Waals surface area contributed by atoms with E-state index in [0.717, 1.165) is 39.5 Å². The molecule has 8 nitrogen and oxygen atoms in total. The van der Waals surface area contributed by atoms with Crippen LogP contribution < -0.4 is 20.4 Å². The Kier molecular flexibility index (Phi) is 5.84. The molecule has 0 saturated heterocycles. The van der Waals surface area contributed by atoms with E-state index in [1.165, 1.54) is 11.4 Å². The fourth-order valence-electron chi connectivity index (χ4n) is 3.69. The summed E-state index contributed by atoms with van der Waals surface area (Å²) in [6.07, 6.45) is 5.35. The Morgan fingerprint density at radius 2 is 1.89 bits per heavy atom. The number of thiazole rings is 1. The molecule has 3 aromatic heterocycles. The van der Waals surface area contributed by atoms with Gasteiger partial charge in [0.05, 0.1) is 10.2 Å². The van der Waals surface area contributed by atoms with Crippen LogP contribution >= 0.6 is 11.3 Å². The first-order chi connectivity index (χ1) is 16.9. The Morgan fingerprint density at radius 3 is 2.63 bits per heavy atom. The van der Waals surface area contributed by atoms with Crippen molar-refractivity contribution in [1.82, 2.24) is 24.4 Å². The Labute approximate surface area is 204 Å². The first-order valence-corrected chi connectivity index (χ1v) is 11.7. The number of fused-ring (bicyclic) bond motifs is 1. The van der Waals surface area contributed by atoms with Crippen LogP contribution in [0.3, 0.4) is 0 Å². The lowest BCUT2D eigenvalue weighted by molar-refractivity contribution is 0.363. The molecule has 0 radical (unpaired) electrons. The molecule has 0 amide bonds. The molecule has 0 aliphatic carbocycles. The zero-order valence-electron chi connectivity index (χ0n) is 19.1. The van der Waals surface area contributed by atoms with E-state index in [2.05, 4.69) is 16.7 Å². The van der Waals surface area contributed by atoms with Crippen molar-refractivity contribution >= 4 is 22.4 Å². The first kappa shape index (κ1) is 22.4. The van der Waals surface area contributed by atoms with E-state index in [9.17, 15) is 9.59 Å². The van der Waals surface area contributed by atoms with Gasteiger partial charge in [-0.15, -0.1) is 0 Å². The zero-order chi connectivity index (χ0) is 24.5. The molecule has 174 valence electrons. The van der Waals surface area contributed by atoms with E-state index in [1.807, 2.05) is 61.7 Å². The topological polar surface area (TPSA) is 91.4 Å². The molecule has 0 unspecified atom stereocenters. The monoisotopic (exact) mass is 483 g/mol. The number of hydrogen-bond donors (Lipinski definition) is 0. The molecular formula is C26H21N5O3S. The second-order valence-electron chi connectivity index (χ2n) is 7.90.